The Balaban J connectivity index is 2.31. The van der Waals surface area contributed by atoms with Crippen molar-refractivity contribution >= 4 is 17.5 Å². The molecule has 0 saturated heterocycles. The Morgan fingerprint density at radius 2 is 2.05 bits per heavy atom. The van der Waals surface area contributed by atoms with E-state index < -0.39 is 0 Å². The Morgan fingerprint density at radius 3 is 2.55 bits per heavy atom. The summed E-state index contributed by atoms with van der Waals surface area (Å²) < 4.78 is 0. The van der Waals surface area contributed by atoms with Crippen LogP contribution in [0.1, 0.15) is 63.0 Å². The quantitative estimate of drug-likeness (QED) is 0.785. The Labute approximate surface area is 126 Å². The first-order valence-corrected chi connectivity index (χ1v) is 7.69. The van der Waals surface area contributed by atoms with E-state index in [1.165, 1.54) is 0 Å². The Hall–Kier alpha value is -1.09. The molecule has 1 amide bonds. The minimum atomic E-state index is -0.116. The van der Waals surface area contributed by atoms with E-state index in [2.05, 4.69) is 32.7 Å². The summed E-state index contributed by atoms with van der Waals surface area (Å²) in [6, 6.07) is 4.00. The van der Waals surface area contributed by atoms with Crippen LogP contribution in [0.5, 0.6) is 0 Å². The lowest BCUT2D eigenvalue weighted by atomic mass is 9.90. The van der Waals surface area contributed by atoms with Crippen LogP contribution in [0.4, 0.5) is 0 Å². The van der Waals surface area contributed by atoms with E-state index in [-0.39, 0.29) is 11.3 Å². The van der Waals surface area contributed by atoms with Crippen LogP contribution in [-0.2, 0) is 5.41 Å². The second-order valence-electron chi connectivity index (χ2n) is 6.54. The van der Waals surface area contributed by atoms with Gasteiger partial charge in [0, 0.05) is 29.3 Å². The van der Waals surface area contributed by atoms with Gasteiger partial charge in [0.2, 0.25) is 0 Å². The largest absolute Gasteiger partial charge is 0.336 e. The van der Waals surface area contributed by atoms with Crippen LogP contribution >= 0.6 is 11.6 Å². The lowest BCUT2D eigenvalue weighted by Crippen LogP contribution is -2.34. The van der Waals surface area contributed by atoms with Gasteiger partial charge < -0.3 is 4.90 Å². The zero-order chi connectivity index (χ0) is 14.9. The molecular weight excluding hydrogens is 272 g/mol. The highest BCUT2D eigenvalue weighted by Crippen LogP contribution is 2.30. The highest BCUT2D eigenvalue weighted by Gasteiger charge is 2.33. The zero-order valence-corrected chi connectivity index (χ0v) is 13.5. The van der Waals surface area contributed by atoms with E-state index in [9.17, 15) is 4.79 Å². The topological polar surface area (TPSA) is 33.2 Å². The molecule has 0 N–H and O–H groups in total. The number of carbonyl (C=O) groups excluding carboxylic acids is 1. The predicted octanol–water partition coefficient (Wildman–Crippen LogP) is 4.05. The number of halogens is 1. The first-order valence-electron chi connectivity index (χ1n) is 7.32. The number of amides is 1. The zero-order valence-electron chi connectivity index (χ0n) is 12.7. The first kappa shape index (κ1) is 15.3. The molecule has 1 aliphatic carbocycles. The van der Waals surface area contributed by atoms with Gasteiger partial charge in [-0.05, 0) is 31.4 Å². The van der Waals surface area contributed by atoms with Crippen LogP contribution in [0.25, 0.3) is 0 Å². The molecule has 0 unspecified atom stereocenters. The molecule has 0 atom stereocenters. The summed E-state index contributed by atoms with van der Waals surface area (Å²) >= 11 is 6.10. The van der Waals surface area contributed by atoms with Gasteiger partial charge in [-0.1, -0.05) is 39.3 Å². The van der Waals surface area contributed by atoms with Gasteiger partial charge in [-0.2, -0.15) is 0 Å². The minimum absolute atomic E-state index is 0.0872. The van der Waals surface area contributed by atoms with Crippen LogP contribution in [-0.4, -0.2) is 28.4 Å². The number of aromatic nitrogens is 1. The average Bonchev–Trinajstić information content (AvgIpc) is 3.17. The Kier molecular flexibility index (Phi) is 4.38. The molecule has 1 saturated carbocycles. The number of pyridine rings is 1. The van der Waals surface area contributed by atoms with Gasteiger partial charge in [-0.25, -0.2) is 4.98 Å². The Bertz CT molecular complexity index is 504. The number of carbonyl (C=O) groups is 1. The van der Waals surface area contributed by atoms with Gasteiger partial charge in [0.15, 0.2) is 0 Å². The third-order valence-electron chi connectivity index (χ3n) is 3.52. The highest BCUT2D eigenvalue weighted by atomic mass is 35.5. The van der Waals surface area contributed by atoms with E-state index in [0.29, 0.717) is 16.8 Å². The van der Waals surface area contributed by atoms with Crippen LogP contribution in [0, 0.1) is 0 Å². The SMILES string of the molecule is CCCN(C(=O)c1cc(Cl)nc(C(C)(C)C)c1)C1CC1. The molecule has 0 radical (unpaired) electrons. The molecule has 0 aliphatic heterocycles. The van der Waals surface area contributed by atoms with Crippen molar-refractivity contribution < 1.29 is 4.79 Å². The van der Waals surface area contributed by atoms with Gasteiger partial charge in [-0.3, -0.25) is 4.79 Å². The summed E-state index contributed by atoms with van der Waals surface area (Å²) in [4.78, 5) is 19.0. The predicted molar refractivity (Wildman–Crippen MR) is 82.3 cm³/mol. The lowest BCUT2D eigenvalue weighted by Gasteiger charge is -2.23. The standard InChI is InChI=1S/C16H23ClN2O/c1-5-8-19(12-6-7-12)15(20)11-9-13(16(2,3)4)18-14(17)10-11/h9-10,12H,5-8H2,1-4H3. The van der Waals surface area contributed by atoms with E-state index in [4.69, 9.17) is 11.6 Å². The minimum Gasteiger partial charge on any atom is -0.336 e. The van der Waals surface area contributed by atoms with Gasteiger partial charge in [-0.15, -0.1) is 0 Å². The maximum Gasteiger partial charge on any atom is 0.254 e. The molecule has 1 fully saturated rings. The van der Waals surface area contributed by atoms with Crippen LogP contribution in [0.3, 0.4) is 0 Å². The molecule has 0 aromatic carbocycles. The number of rotatable bonds is 4. The smallest absolute Gasteiger partial charge is 0.254 e. The van der Waals surface area contributed by atoms with E-state index in [1.807, 2.05) is 11.0 Å². The van der Waals surface area contributed by atoms with Crippen molar-refractivity contribution in [2.45, 2.75) is 58.4 Å². The number of hydrogen-bond acceptors (Lipinski definition) is 2. The molecular formula is C16H23ClN2O. The van der Waals surface area contributed by atoms with Crippen LogP contribution in [0.15, 0.2) is 12.1 Å². The molecule has 3 nitrogen and oxygen atoms in total. The highest BCUT2D eigenvalue weighted by molar-refractivity contribution is 6.29. The molecule has 1 aromatic rings. The normalized spacial score (nSPS) is 15.2. The maximum absolute atomic E-state index is 12.7. The summed E-state index contributed by atoms with van der Waals surface area (Å²) in [5.74, 6) is 0.0872. The summed E-state index contributed by atoms with van der Waals surface area (Å²) in [6.07, 6.45) is 3.22. The molecule has 1 aromatic heterocycles. The second-order valence-corrected chi connectivity index (χ2v) is 6.93. The molecule has 2 rings (SSSR count). The average molecular weight is 295 g/mol. The third-order valence-corrected chi connectivity index (χ3v) is 3.72. The first-order chi connectivity index (χ1) is 9.32. The van der Waals surface area contributed by atoms with Gasteiger partial charge >= 0.3 is 0 Å². The molecule has 0 bridgehead atoms. The fraction of sp³-hybridized carbons (Fsp3) is 0.625. The van der Waals surface area contributed by atoms with Gasteiger partial charge in [0.05, 0.1) is 0 Å². The summed E-state index contributed by atoms with van der Waals surface area (Å²) in [5, 5.41) is 0.396. The molecule has 1 aliphatic rings. The summed E-state index contributed by atoms with van der Waals surface area (Å²) in [5.41, 5.74) is 1.41. The van der Waals surface area contributed by atoms with E-state index in [1.54, 1.807) is 6.07 Å². The van der Waals surface area contributed by atoms with Gasteiger partial charge in [0.25, 0.3) is 5.91 Å². The number of nitrogens with zero attached hydrogens (tertiary/aromatic N) is 2. The monoisotopic (exact) mass is 294 g/mol. The molecule has 0 spiro atoms. The lowest BCUT2D eigenvalue weighted by molar-refractivity contribution is 0.0743. The van der Waals surface area contributed by atoms with Crippen molar-refractivity contribution in [1.29, 1.82) is 0 Å². The maximum atomic E-state index is 12.7. The van der Waals surface area contributed by atoms with Crippen molar-refractivity contribution in [2.24, 2.45) is 0 Å². The van der Waals surface area contributed by atoms with Crippen LogP contribution < -0.4 is 0 Å². The molecule has 110 valence electrons. The summed E-state index contributed by atoms with van der Waals surface area (Å²) in [6.45, 7) is 9.14. The fourth-order valence-corrected chi connectivity index (χ4v) is 2.46. The second kappa shape index (κ2) is 5.72. The van der Waals surface area contributed by atoms with E-state index >= 15 is 0 Å². The van der Waals surface area contributed by atoms with Crippen molar-refractivity contribution in [3.05, 3.63) is 28.5 Å². The Morgan fingerprint density at radius 1 is 1.40 bits per heavy atom. The molecule has 1 heterocycles. The van der Waals surface area contributed by atoms with Crippen molar-refractivity contribution in [2.75, 3.05) is 6.54 Å². The number of hydrogen-bond donors (Lipinski definition) is 0. The van der Waals surface area contributed by atoms with Crippen LogP contribution in [0.2, 0.25) is 5.15 Å². The van der Waals surface area contributed by atoms with Crippen molar-refractivity contribution in [3.63, 3.8) is 0 Å². The van der Waals surface area contributed by atoms with Crippen molar-refractivity contribution in [1.82, 2.24) is 9.88 Å². The molecule has 20 heavy (non-hydrogen) atoms. The van der Waals surface area contributed by atoms with Gasteiger partial charge in [0.1, 0.15) is 5.15 Å². The molecule has 4 heteroatoms. The summed E-state index contributed by atoms with van der Waals surface area (Å²) in [7, 11) is 0. The fourth-order valence-electron chi connectivity index (χ4n) is 2.25. The van der Waals surface area contributed by atoms with Crippen molar-refractivity contribution in [3.8, 4) is 0 Å². The van der Waals surface area contributed by atoms with E-state index in [0.717, 1.165) is 31.5 Å². The third kappa shape index (κ3) is 3.51.